The van der Waals surface area contributed by atoms with E-state index in [2.05, 4.69) is 20.7 Å². The third-order valence-corrected chi connectivity index (χ3v) is 3.95. The summed E-state index contributed by atoms with van der Waals surface area (Å²) >= 11 is 2.00. The van der Waals surface area contributed by atoms with Crippen molar-refractivity contribution in [2.45, 2.75) is 0 Å². The highest BCUT2D eigenvalue weighted by atomic mass is 127. The maximum atomic E-state index is 11.9. The minimum atomic E-state index is -0.391. The molecular weight excluding hydrogens is 395 g/mol. The third-order valence-electron chi connectivity index (χ3n) is 3.13. The number of aromatic nitrogens is 2. The Kier molecular flexibility index (Phi) is 4.05. The summed E-state index contributed by atoms with van der Waals surface area (Å²) in [6.45, 7) is 0. The molecule has 1 aromatic heterocycles. The second kappa shape index (κ2) is 6.14. The zero-order valence-corrected chi connectivity index (χ0v) is 13.4. The molecule has 0 saturated carbocycles. The zero-order chi connectivity index (χ0) is 15.5. The highest BCUT2D eigenvalue weighted by Gasteiger charge is 2.11. The maximum Gasteiger partial charge on any atom is 0.290 e. The third kappa shape index (κ3) is 2.80. The molecule has 1 heterocycles. The highest BCUT2D eigenvalue weighted by molar-refractivity contribution is 14.1. The van der Waals surface area contributed by atoms with E-state index in [1.165, 1.54) is 6.21 Å². The first-order chi connectivity index (χ1) is 10.7. The van der Waals surface area contributed by atoms with Gasteiger partial charge in [-0.1, -0.05) is 30.3 Å². The lowest BCUT2D eigenvalue weighted by Gasteiger charge is -2.04. The van der Waals surface area contributed by atoms with Crippen LogP contribution in [0.2, 0.25) is 0 Å². The summed E-state index contributed by atoms with van der Waals surface area (Å²) in [7, 11) is 0. The molecule has 3 N–H and O–H groups in total. The molecular formula is C15H11IN4O2. The van der Waals surface area contributed by atoms with Crippen molar-refractivity contribution in [3.05, 3.63) is 57.4 Å². The standard InChI is InChI=1S/C15H11IN4O2/c16-12-8-18-19-14(12)15(22)20-17-7-11-10-4-2-1-3-9(10)5-6-13(11)21/h1-8,21H,(H,18,19)(H,20,22). The number of fused-ring (bicyclic) bond motifs is 1. The number of carbonyl (C=O) groups excluding carboxylic acids is 1. The van der Waals surface area contributed by atoms with Crippen LogP contribution < -0.4 is 5.43 Å². The summed E-state index contributed by atoms with van der Waals surface area (Å²) in [4.78, 5) is 11.9. The average Bonchev–Trinajstić information content (AvgIpc) is 2.95. The number of nitrogens with one attached hydrogen (secondary N) is 2. The van der Waals surface area contributed by atoms with Gasteiger partial charge in [-0.2, -0.15) is 10.2 Å². The Balaban J connectivity index is 1.86. The molecule has 0 aliphatic carbocycles. The number of aromatic hydroxyl groups is 1. The van der Waals surface area contributed by atoms with Crippen molar-refractivity contribution in [3.63, 3.8) is 0 Å². The van der Waals surface area contributed by atoms with Gasteiger partial charge in [0.15, 0.2) is 0 Å². The Bertz CT molecular complexity index is 873. The quantitative estimate of drug-likeness (QED) is 0.355. The fraction of sp³-hybridized carbons (Fsp3) is 0. The van der Waals surface area contributed by atoms with E-state index in [-0.39, 0.29) is 5.75 Å². The van der Waals surface area contributed by atoms with Crippen molar-refractivity contribution in [1.82, 2.24) is 15.6 Å². The van der Waals surface area contributed by atoms with Crippen molar-refractivity contribution < 1.29 is 9.90 Å². The number of benzene rings is 2. The van der Waals surface area contributed by atoms with E-state index >= 15 is 0 Å². The molecule has 1 amide bonds. The summed E-state index contributed by atoms with van der Waals surface area (Å²) in [5.41, 5.74) is 3.31. The number of hydrogen-bond donors (Lipinski definition) is 3. The molecule has 0 aliphatic heterocycles. The Hall–Kier alpha value is -2.42. The second-order valence-electron chi connectivity index (χ2n) is 4.51. The van der Waals surface area contributed by atoms with Gasteiger partial charge in [-0.15, -0.1) is 0 Å². The smallest absolute Gasteiger partial charge is 0.290 e. The number of hydrazone groups is 1. The van der Waals surface area contributed by atoms with Crippen LogP contribution in [-0.4, -0.2) is 27.4 Å². The molecule has 0 aliphatic rings. The van der Waals surface area contributed by atoms with Crippen LogP contribution in [0.25, 0.3) is 10.8 Å². The molecule has 0 fully saturated rings. The van der Waals surface area contributed by atoms with Crippen LogP contribution in [-0.2, 0) is 0 Å². The Morgan fingerprint density at radius 3 is 2.91 bits per heavy atom. The lowest BCUT2D eigenvalue weighted by molar-refractivity contribution is 0.0949. The van der Waals surface area contributed by atoms with Gasteiger partial charge in [0.1, 0.15) is 11.4 Å². The summed E-state index contributed by atoms with van der Waals surface area (Å²) < 4.78 is 0.707. The molecule has 3 aromatic rings. The molecule has 6 nitrogen and oxygen atoms in total. The van der Waals surface area contributed by atoms with Gasteiger partial charge >= 0.3 is 0 Å². The van der Waals surface area contributed by atoms with Crippen LogP contribution in [0.5, 0.6) is 5.75 Å². The monoisotopic (exact) mass is 406 g/mol. The van der Waals surface area contributed by atoms with Crippen molar-refractivity contribution in [3.8, 4) is 5.75 Å². The van der Waals surface area contributed by atoms with Crippen LogP contribution >= 0.6 is 22.6 Å². The van der Waals surface area contributed by atoms with Gasteiger partial charge in [0.05, 0.1) is 16.0 Å². The summed E-state index contributed by atoms with van der Waals surface area (Å²) in [5.74, 6) is -0.286. The van der Waals surface area contributed by atoms with Gasteiger partial charge in [-0.05, 0) is 39.4 Å². The molecule has 110 valence electrons. The predicted octanol–water partition coefficient (Wildman–Crippen LogP) is 2.64. The fourth-order valence-corrected chi connectivity index (χ4v) is 2.57. The fourth-order valence-electron chi connectivity index (χ4n) is 2.06. The van der Waals surface area contributed by atoms with Crippen LogP contribution in [0.4, 0.5) is 0 Å². The van der Waals surface area contributed by atoms with E-state index in [1.54, 1.807) is 12.3 Å². The molecule has 3 rings (SSSR count). The average molecular weight is 406 g/mol. The zero-order valence-electron chi connectivity index (χ0n) is 11.2. The van der Waals surface area contributed by atoms with Crippen LogP contribution in [0.3, 0.4) is 0 Å². The number of nitrogens with zero attached hydrogens (tertiary/aromatic N) is 2. The number of hydrogen-bond acceptors (Lipinski definition) is 4. The van der Waals surface area contributed by atoms with Gasteiger partial charge in [0.2, 0.25) is 0 Å². The molecule has 22 heavy (non-hydrogen) atoms. The van der Waals surface area contributed by atoms with E-state index in [9.17, 15) is 9.90 Å². The van der Waals surface area contributed by atoms with Gasteiger partial charge in [0.25, 0.3) is 5.91 Å². The first-order valence-corrected chi connectivity index (χ1v) is 7.47. The van der Waals surface area contributed by atoms with Crippen molar-refractivity contribution in [1.29, 1.82) is 0 Å². The normalized spacial score (nSPS) is 11.1. The van der Waals surface area contributed by atoms with Crippen LogP contribution in [0.15, 0.2) is 47.7 Å². The second-order valence-corrected chi connectivity index (χ2v) is 5.67. The van der Waals surface area contributed by atoms with Crippen molar-refractivity contribution in [2.24, 2.45) is 5.10 Å². The molecule has 7 heteroatoms. The van der Waals surface area contributed by atoms with Crippen LogP contribution in [0, 0.1) is 3.57 Å². The van der Waals surface area contributed by atoms with Gasteiger partial charge in [-0.25, -0.2) is 5.43 Å². The van der Waals surface area contributed by atoms with Gasteiger partial charge < -0.3 is 5.11 Å². The molecule has 0 atom stereocenters. The van der Waals surface area contributed by atoms with Gasteiger partial charge in [-0.3, -0.25) is 9.89 Å². The van der Waals surface area contributed by atoms with E-state index in [1.807, 2.05) is 52.9 Å². The Labute approximate surface area is 139 Å². The predicted molar refractivity (Wildman–Crippen MR) is 92.0 cm³/mol. The molecule has 0 spiro atoms. The Morgan fingerprint density at radius 1 is 1.32 bits per heavy atom. The SMILES string of the molecule is O=C(NN=Cc1c(O)ccc2ccccc12)c1[nH]ncc1I. The lowest BCUT2D eigenvalue weighted by atomic mass is 10.0. The lowest BCUT2D eigenvalue weighted by Crippen LogP contribution is -2.19. The number of phenolic OH excluding ortho intramolecular Hbond substituents is 1. The number of carbonyl (C=O) groups is 1. The van der Waals surface area contributed by atoms with Crippen LogP contribution in [0.1, 0.15) is 16.1 Å². The number of amides is 1. The number of halogens is 1. The minimum absolute atomic E-state index is 0.104. The number of phenols is 1. The summed E-state index contributed by atoms with van der Waals surface area (Å²) in [6.07, 6.45) is 2.98. The first-order valence-electron chi connectivity index (χ1n) is 6.40. The Morgan fingerprint density at radius 2 is 2.14 bits per heavy atom. The molecule has 0 unspecified atom stereocenters. The topological polar surface area (TPSA) is 90.4 Å². The number of aromatic amines is 1. The molecule has 2 aromatic carbocycles. The number of H-pyrrole nitrogens is 1. The van der Waals surface area contributed by atoms with Crippen molar-refractivity contribution >= 4 is 45.5 Å². The molecule has 0 radical (unpaired) electrons. The largest absolute Gasteiger partial charge is 0.507 e. The van der Waals surface area contributed by atoms with E-state index in [4.69, 9.17) is 0 Å². The van der Waals surface area contributed by atoms with Gasteiger partial charge in [0, 0.05) is 5.56 Å². The van der Waals surface area contributed by atoms with E-state index < -0.39 is 5.91 Å². The van der Waals surface area contributed by atoms with E-state index in [0.717, 1.165) is 10.8 Å². The van der Waals surface area contributed by atoms with Crippen molar-refractivity contribution in [2.75, 3.05) is 0 Å². The maximum absolute atomic E-state index is 11.9. The highest BCUT2D eigenvalue weighted by Crippen LogP contribution is 2.25. The summed E-state index contributed by atoms with van der Waals surface area (Å²) in [5, 5.41) is 22.1. The minimum Gasteiger partial charge on any atom is -0.507 e. The first kappa shape index (κ1) is 14.5. The molecule has 0 bridgehead atoms. The van der Waals surface area contributed by atoms with E-state index in [0.29, 0.717) is 14.8 Å². The summed E-state index contributed by atoms with van der Waals surface area (Å²) in [6, 6.07) is 11.1. The number of rotatable bonds is 3. The molecule has 0 saturated heterocycles.